The monoisotopic (exact) mass is 341 g/mol. The minimum atomic E-state index is -4.71. The van der Waals surface area contributed by atoms with Crippen LogP contribution < -0.4 is 21.1 Å². The molecule has 10 heteroatoms. The van der Waals surface area contributed by atoms with E-state index < -0.39 is 12.4 Å². The largest absolute Gasteiger partial charge is 0.573 e. The van der Waals surface area contributed by atoms with E-state index in [-0.39, 0.29) is 11.8 Å². The van der Waals surface area contributed by atoms with Crippen molar-refractivity contribution in [1.82, 2.24) is 21.4 Å². The van der Waals surface area contributed by atoms with Crippen LogP contribution in [0.15, 0.2) is 29.6 Å². The van der Waals surface area contributed by atoms with Gasteiger partial charge in [0, 0.05) is 10.9 Å². The molecule has 2 atom stereocenters. The molecule has 23 heavy (non-hydrogen) atoms. The van der Waals surface area contributed by atoms with Gasteiger partial charge in [-0.15, -0.1) is 24.5 Å². The first kappa shape index (κ1) is 15.7. The molecule has 0 amide bonds. The topological polar surface area (TPSA) is 82.0 Å². The molecule has 2 unspecified atom stereocenters. The first-order valence-electron chi connectivity index (χ1n) is 6.43. The van der Waals surface area contributed by atoms with Gasteiger partial charge in [0.1, 0.15) is 22.8 Å². The Labute approximate surface area is 132 Å². The summed E-state index contributed by atoms with van der Waals surface area (Å²) in [5.74, 6) is -0.285. The quantitative estimate of drug-likeness (QED) is 0.794. The van der Waals surface area contributed by atoms with E-state index in [0.29, 0.717) is 16.3 Å². The van der Waals surface area contributed by atoms with Crippen molar-refractivity contribution in [1.29, 1.82) is 5.26 Å². The van der Waals surface area contributed by atoms with Crippen LogP contribution in [0.1, 0.15) is 11.0 Å². The number of hydrogen-bond acceptors (Lipinski definition) is 7. The number of thiazole rings is 1. The third kappa shape index (κ3) is 3.59. The lowest BCUT2D eigenvalue weighted by Gasteiger charge is -2.09. The molecular formula is C13H10F3N5OS. The number of hydrogen-bond donors (Lipinski definition) is 3. The fourth-order valence-corrected chi connectivity index (χ4v) is 2.98. The van der Waals surface area contributed by atoms with Crippen LogP contribution >= 0.6 is 11.3 Å². The van der Waals surface area contributed by atoms with Crippen molar-refractivity contribution in [2.24, 2.45) is 0 Å². The van der Waals surface area contributed by atoms with E-state index in [1.165, 1.54) is 35.6 Å². The van der Waals surface area contributed by atoms with Crippen LogP contribution in [-0.2, 0) is 0 Å². The van der Waals surface area contributed by atoms with Crippen LogP contribution in [0.25, 0.3) is 11.3 Å². The Morgan fingerprint density at radius 1 is 1.22 bits per heavy atom. The van der Waals surface area contributed by atoms with E-state index in [4.69, 9.17) is 5.26 Å². The van der Waals surface area contributed by atoms with Crippen molar-refractivity contribution in [2.45, 2.75) is 18.4 Å². The number of nitrogens with zero attached hydrogens (tertiary/aromatic N) is 2. The molecule has 2 aromatic rings. The molecule has 1 aliphatic rings. The van der Waals surface area contributed by atoms with Gasteiger partial charge in [0.15, 0.2) is 0 Å². The third-order valence-electron chi connectivity index (χ3n) is 3.10. The van der Waals surface area contributed by atoms with Gasteiger partial charge in [-0.1, -0.05) is 0 Å². The molecule has 1 saturated heterocycles. The first-order chi connectivity index (χ1) is 11.0. The molecule has 1 aliphatic heterocycles. The number of hydrazine groups is 2. The van der Waals surface area contributed by atoms with Crippen LogP contribution in [0.4, 0.5) is 13.2 Å². The number of nitriles is 1. The summed E-state index contributed by atoms with van der Waals surface area (Å²) in [5.41, 5.74) is 9.60. The van der Waals surface area contributed by atoms with E-state index in [1.54, 1.807) is 5.38 Å². The van der Waals surface area contributed by atoms with Gasteiger partial charge >= 0.3 is 6.36 Å². The smallest absolute Gasteiger partial charge is 0.406 e. The summed E-state index contributed by atoms with van der Waals surface area (Å²) in [6.07, 6.45) is -4.71. The highest BCUT2D eigenvalue weighted by molar-refractivity contribution is 7.10. The molecule has 0 spiro atoms. The predicted octanol–water partition coefficient (Wildman–Crippen LogP) is 2.25. The molecule has 120 valence electrons. The van der Waals surface area contributed by atoms with Crippen molar-refractivity contribution >= 4 is 11.3 Å². The molecule has 6 nitrogen and oxygen atoms in total. The number of nitrogens with one attached hydrogen (secondary N) is 3. The normalized spacial score (nSPS) is 21.1. The number of aromatic nitrogens is 1. The summed E-state index contributed by atoms with van der Waals surface area (Å²) < 4.78 is 40.2. The van der Waals surface area contributed by atoms with Crippen molar-refractivity contribution < 1.29 is 17.9 Å². The van der Waals surface area contributed by atoms with E-state index in [2.05, 4.69) is 32.2 Å². The number of halogens is 3. The summed E-state index contributed by atoms with van der Waals surface area (Å²) in [5, 5.41) is 11.5. The minimum absolute atomic E-state index is 0.285. The number of rotatable bonds is 3. The van der Waals surface area contributed by atoms with Crippen LogP contribution in [0.2, 0.25) is 0 Å². The van der Waals surface area contributed by atoms with Crippen LogP contribution in [0, 0.1) is 11.3 Å². The molecule has 1 aromatic carbocycles. The van der Waals surface area contributed by atoms with Gasteiger partial charge in [0.05, 0.1) is 11.8 Å². The zero-order valence-electron chi connectivity index (χ0n) is 11.4. The van der Waals surface area contributed by atoms with E-state index in [9.17, 15) is 13.2 Å². The van der Waals surface area contributed by atoms with Gasteiger partial charge in [-0.25, -0.2) is 15.8 Å². The standard InChI is InChI=1S/C13H10F3N5OS/c14-13(15,16)22-8-3-1-7(2-4-8)10-6-23-12(18-10)11-9(5-17)19-21-20-11/h1-4,6,9,11,19-21H. The lowest BCUT2D eigenvalue weighted by atomic mass is 10.1. The van der Waals surface area contributed by atoms with Gasteiger partial charge in [-0.3, -0.25) is 0 Å². The second kappa shape index (κ2) is 6.13. The highest BCUT2D eigenvalue weighted by Gasteiger charge is 2.31. The summed E-state index contributed by atoms with van der Waals surface area (Å²) in [6.45, 7) is 0. The number of ether oxygens (including phenoxy) is 1. The molecule has 0 bridgehead atoms. The number of benzene rings is 1. The van der Waals surface area contributed by atoms with Crippen LogP contribution in [-0.4, -0.2) is 17.4 Å². The third-order valence-corrected chi connectivity index (χ3v) is 4.03. The molecule has 0 aliphatic carbocycles. The van der Waals surface area contributed by atoms with E-state index >= 15 is 0 Å². The Morgan fingerprint density at radius 3 is 2.61 bits per heavy atom. The zero-order valence-corrected chi connectivity index (χ0v) is 12.2. The Kier molecular flexibility index (Phi) is 4.18. The van der Waals surface area contributed by atoms with Gasteiger partial charge in [-0.05, 0) is 24.3 Å². The average molecular weight is 341 g/mol. The molecule has 0 radical (unpaired) electrons. The Morgan fingerprint density at radius 2 is 1.96 bits per heavy atom. The zero-order chi connectivity index (χ0) is 16.4. The number of alkyl halides is 3. The summed E-state index contributed by atoms with van der Waals surface area (Å²) in [4.78, 5) is 4.43. The average Bonchev–Trinajstić information content (AvgIpc) is 3.15. The van der Waals surface area contributed by atoms with Gasteiger partial charge in [0.25, 0.3) is 0 Å². The molecule has 3 rings (SSSR count). The summed E-state index contributed by atoms with van der Waals surface area (Å²) in [6, 6.07) is 6.80. The van der Waals surface area contributed by atoms with Crippen molar-refractivity contribution in [3.05, 3.63) is 34.7 Å². The summed E-state index contributed by atoms with van der Waals surface area (Å²) in [7, 11) is 0. The maximum atomic E-state index is 12.1. The highest BCUT2D eigenvalue weighted by atomic mass is 32.1. The predicted molar refractivity (Wildman–Crippen MR) is 75.8 cm³/mol. The second-order valence-corrected chi connectivity index (χ2v) is 5.53. The molecule has 1 fully saturated rings. The van der Waals surface area contributed by atoms with Gasteiger partial charge in [0.2, 0.25) is 0 Å². The second-order valence-electron chi connectivity index (χ2n) is 4.64. The van der Waals surface area contributed by atoms with E-state index in [0.717, 1.165) is 0 Å². The Bertz CT molecular complexity index is 724. The van der Waals surface area contributed by atoms with Crippen LogP contribution in [0.5, 0.6) is 5.75 Å². The van der Waals surface area contributed by atoms with Crippen LogP contribution in [0.3, 0.4) is 0 Å². The summed E-state index contributed by atoms with van der Waals surface area (Å²) >= 11 is 1.36. The molecule has 2 heterocycles. The van der Waals surface area contributed by atoms with Crippen molar-refractivity contribution in [2.75, 3.05) is 0 Å². The fourth-order valence-electron chi connectivity index (χ4n) is 2.07. The van der Waals surface area contributed by atoms with Crippen molar-refractivity contribution in [3.63, 3.8) is 0 Å². The first-order valence-corrected chi connectivity index (χ1v) is 7.31. The maximum Gasteiger partial charge on any atom is 0.573 e. The Balaban J connectivity index is 1.77. The van der Waals surface area contributed by atoms with Gasteiger partial charge in [-0.2, -0.15) is 10.8 Å². The molecular weight excluding hydrogens is 331 g/mol. The maximum absolute atomic E-state index is 12.1. The fraction of sp³-hybridized carbons (Fsp3) is 0.231. The van der Waals surface area contributed by atoms with Crippen molar-refractivity contribution in [3.8, 4) is 23.1 Å². The van der Waals surface area contributed by atoms with Gasteiger partial charge < -0.3 is 4.74 Å². The molecule has 0 saturated carbocycles. The Hall–Kier alpha value is -2.19. The molecule has 3 N–H and O–H groups in total. The lowest BCUT2D eigenvalue weighted by molar-refractivity contribution is -0.274. The minimum Gasteiger partial charge on any atom is -0.406 e. The molecule has 1 aromatic heterocycles. The van der Waals surface area contributed by atoms with E-state index in [1.807, 2.05) is 0 Å². The highest BCUT2D eigenvalue weighted by Crippen LogP contribution is 2.30. The lowest BCUT2D eigenvalue weighted by Crippen LogP contribution is -2.32. The SMILES string of the molecule is N#CC1NNNC1c1nc(-c2ccc(OC(F)(F)F)cc2)cs1.